The summed E-state index contributed by atoms with van der Waals surface area (Å²) in [7, 11) is 0. The van der Waals surface area contributed by atoms with Crippen LogP contribution in [0.2, 0.25) is 0 Å². The van der Waals surface area contributed by atoms with Crippen molar-refractivity contribution in [1.82, 2.24) is 15.8 Å². The van der Waals surface area contributed by atoms with E-state index in [1.165, 1.54) is 12.1 Å². The molecule has 0 fully saturated rings. The number of benzene rings is 2. The summed E-state index contributed by atoms with van der Waals surface area (Å²) in [6.07, 6.45) is -5.79. The van der Waals surface area contributed by atoms with Gasteiger partial charge in [0.1, 0.15) is 24.9 Å². The van der Waals surface area contributed by atoms with Crippen LogP contribution in [0.1, 0.15) is 16.8 Å². The molecule has 10 N–H and O–H groups in total. The highest BCUT2D eigenvalue weighted by Gasteiger charge is 2.38. The number of amides is 3. The number of guanidine groups is 1. The van der Waals surface area contributed by atoms with Crippen LogP contribution in [0.25, 0.3) is 0 Å². The number of carbonyl (C=O) groups excluding carboxylic acids is 3. The zero-order valence-electron chi connectivity index (χ0n) is 21.7. The topological polar surface area (TPSA) is 250 Å². The maximum atomic E-state index is 12.7. The first-order chi connectivity index (χ1) is 19.6. The van der Waals surface area contributed by atoms with Gasteiger partial charge in [0.15, 0.2) is 0 Å². The highest BCUT2D eigenvalue weighted by atomic mass is 19.4. The Morgan fingerprint density at radius 3 is 2.05 bits per heavy atom. The number of nitrogens with one attached hydrogen (secondary N) is 4. The highest BCUT2D eigenvalue weighted by Crippen LogP contribution is 2.16. The fraction of sp³-hybridized carbons (Fsp3) is 0.250. The summed E-state index contributed by atoms with van der Waals surface area (Å²) in [6, 6.07) is 12.8. The van der Waals surface area contributed by atoms with E-state index in [2.05, 4.69) is 16.1 Å². The number of ether oxygens (including phenoxy) is 1. The normalized spacial score (nSPS) is 11.0. The molecule has 0 aliphatic carbocycles. The lowest BCUT2D eigenvalue weighted by Gasteiger charge is -2.24. The van der Waals surface area contributed by atoms with Crippen LogP contribution in [0.3, 0.4) is 0 Å². The number of carboxylic acids is 2. The minimum Gasteiger partial charge on any atom is -0.492 e. The van der Waals surface area contributed by atoms with Gasteiger partial charge in [-0.1, -0.05) is 18.2 Å². The van der Waals surface area contributed by atoms with Gasteiger partial charge in [-0.25, -0.2) is 9.80 Å². The second-order valence-electron chi connectivity index (χ2n) is 7.95. The van der Waals surface area contributed by atoms with Crippen molar-refractivity contribution in [3.05, 3.63) is 60.2 Å². The number of hydrazine groups is 1. The van der Waals surface area contributed by atoms with Crippen LogP contribution in [0.5, 0.6) is 5.75 Å². The van der Waals surface area contributed by atoms with E-state index >= 15 is 0 Å². The third-order valence-electron chi connectivity index (χ3n) is 4.60. The zero-order valence-corrected chi connectivity index (χ0v) is 21.7. The molecule has 1 atom stereocenters. The maximum absolute atomic E-state index is 12.7. The number of anilines is 1. The minimum absolute atomic E-state index is 0.216. The molecular weight excluding hydrogens is 571 g/mol. The lowest BCUT2D eigenvalue weighted by molar-refractivity contribution is -0.192. The largest absolute Gasteiger partial charge is 0.492 e. The number of nitrogens with zero attached hydrogens (tertiary/aromatic N) is 1. The fourth-order valence-electron chi connectivity index (χ4n) is 2.85. The molecule has 18 heteroatoms. The number of aliphatic carboxylic acids is 2. The highest BCUT2D eigenvalue weighted by molar-refractivity contribution is 6.01. The summed E-state index contributed by atoms with van der Waals surface area (Å²) in [6.45, 7) is 0.00987. The van der Waals surface area contributed by atoms with E-state index in [-0.39, 0.29) is 5.56 Å². The molecule has 228 valence electrons. The van der Waals surface area contributed by atoms with E-state index in [1.807, 2.05) is 0 Å². The second kappa shape index (κ2) is 16.7. The van der Waals surface area contributed by atoms with E-state index in [0.717, 1.165) is 5.01 Å². The van der Waals surface area contributed by atoms with Crippen molar-refractivity contribution in [3.8, 4) is 5.75 Å². The molecule has 3 amide bonds. The fourth-order valence-corrected chi connectivity index (χ4v) is 2.85. The Morgan fingerprint density at radius 1 is 1.00 bits per heavy atom. The van der Waals surface area contributed by atoms with Gasteiger partial charge >= 0.3 is 18.1 Å². The van der Waals surface area contributed by atoms with Crippen molar-refractivity contribution in [2.24, 2.45) is 11.5 Å². The van der Waals surface area contributed by atoms with Gasteiger partial charge in [0.05, 0.1) is 6.42 Å². The van der Waals surface area contributed by atoms with E-state index in [9.17, 15) is 37.5 Å². The summed E-state index contributed by atoms with van der Waals surface area (Å²) in [5, 5.41) is 29.3. The summed E-state index contributed by atoms with van der Waals surface area (Å²) < 4.78 is 37.1. The van der Waals surface area contributed by atoms with Crippen LogP contribution >= 0.6 is 0 Å². The molecular formula is C24H28F3N7O8. The monoisotopic (exact) mass is 599 g/mol. The smallest absolute Gasteiger partial charge is 0.490 e. The molecule has 0 saturated heterocycles. The second-order valence-corrected chi connectivity index (χ2v) is 7.95. The Hall–Kier alpha value is -5.39. The van der Waals surface area contributed by atoms with E-state index in [0.29, 0.717) is 24.6 Å². The number of alkyl halides is 3. The number of hydrogen-bond acceptors (Lipinski definition) is 8. The number of halogens is 3. The van der Waals surface area contributed by atoms with Crippen LogP contribution in [0, 0.1) is 5.41 Å². The molecule has 0 aliphatic rings. The van der Waals surface area contributed by atoms with Gasteiger partial charge in [0, 0.05) is 17.8 Å². The Balaban J connectivity index is 0.00000112. The van der Waals surface area contributed by atoms with Crippen LogP contribution in [0.4, 0.5) is 18.9 Å². The van der Waals surface area contributed by atoms with Gasteiger partial charge in [0.2, 0.25) is 17.8 Å². The Kier molecular flexibility index (Phi) is 13.7. The van der Waals surface area contributed by atoms with Crippen molar-refractivity contribution in [2.45, 2.75) is 18.6 Å². The Morgan fingerprint density at radius 2 is 1.57 bits per heavy atom. The maximum Gasteiger partial charge on any atom is 0.490 e. The van der Waals surface area contributed by atoms with Gasteiger partial charge in [-0.05, 0) is 36.4 Å². The molecule has 2 aromatic carbocycles. The summed E-state index contributed by atoms with van der Waals surface area (Å²) in [5.41, 5.74) is 13.5. The minimum atomic E-state index is -5.08. The van der Waals surface area contributed by atoms with Crippen LogP contribution in [0.15, 0.2) is 54.6 Å². The number of carboxylic acid groups (broad SMARTS) is 2. The molecule has 0 spiro atoms. The average Bonchev–Trinajstić information content (AvgIpc) is 2.91. The third kappa shape index (κ3) is 13.1. The Labute approximate surface area is 236 Å². The van der Waals surface area contributed by atoms with E-state index < -0.39 is 60.8 Å². The standard InChI is InChI=1S/C22H27N7O6.C2HF3O2/c23-10-11-35-16-8-6-15(7-9-16)26-20(33)17(12-19(31)32)27-18(30)13-29(28-22(24)25)21(34)14-4-2-1-3-5-14;3-2(4,5)1(6)7/h1-9,17H,10-13,23H2,(H,26,33)(H,27,30)(H,31,32)(H4,24,25,28);(H,6,7)/t17-;/m0./s1. The van der Waals surface area contributed by atoms with Gasteiger partial charge in [-0.3, -0.25) is 30.0 Å². The SMILES string of the molecule is N=C(N)NN(CC(=O)N[C@@H](CC(=O)O)C(=O)Nc1ccc(OCCN)cc1)C(=O)c1ccccc1.O=C(O)C(F)(F)F. The van der Waals surface area contributed by atoms with Crippen molar-refractivity contribution in [2.75, 3.05) is 25.0 Å². The molecule has 15 nitrogen and oxygen atoms in total. The van der Waals surface area contributed by atoms with E-state index in [4.69, 9.17) is 31.5 Å². The predicted molar refractivity (Wildman–Crippen MR) is 140 cm³/mol. The summed E-state index contributed by atoms with van der Waals surface area (Å²) >= 11 is 0. The van der Waals surface area contributed by atoms with Crippen molar-refractivity contribution >= 4 is 41.3 Å². The number of rotatable bonds is 11. The first kappa shape index (κ1) is 34.6. The molecule has 0 heterocycles. The molecule has 2 aromatic rings. The van der Waals surface area contributed by atoms with Gasteiger partial charge in [-0.2, -0.15) is 13.2 Å². The Bertz CT molecular complexity index is 1240. The van der Waals surface area contributed by atoms with Gasteiger partial charge in [-0.15, -0.1) is 0 Å². The first-order valence-corrected chi connectivity index (χ1v) is 11.7. The van der Waals surface area contributed by atoms with Crippen molar-refractivity contribution < 1.29 is 52.1 Å². The average molecular weight is 600 g/mol. The summed E-state index contributed by atoms with van der Waals surface area (Å²) in [5.74, 6) is -6.44. The third-order valence-corrected chi connectivity index (χ3v) is 4.60. The zero-order chi connectivity index (χ0) is 31.9. The quantitative estimate of drug-likeness (QED) is 0.0976. The van der Waals surface area contributed by atoms with Crippen molar-refractivity contribution in [3.63, 3.8) is 0 Å². The van der Waals surface area contributed by atoms with Crippen molar-refractivity contribution in [1.29, 1.82) is 5.41 Å². The lowest BCUT2D eigenvalue weighted by Crippen LogP contribution is -2.55. The first-order valence-electron chi connectivity index (χ1n) is 11.7. The molecule has 0 unspecified atom stereocenters. The predicted octanol–water partition coefficient (Wildman–Crippen LogP) is 0.0959. The number of hydrogen-bond donors (Lipinski definition) is 8. The number of nitrogens with two attached hydrogens (primary N) is 2. The molecule has 0 aromatic heterocycles. The molecule has 0 radical (unpaired) electrons. The van der Waals surface area contributed by atoms with Gasteiger partial charge in [0.25, 0.3) is 5.91 Å². The van der Waals surface area contributed by atoms with Gasteiger partial charge < -0.3 is 37.1 Å². The number of carbonyl (C=O) groups is 5. The van der Waals surface area contributed by atoms with Crippen LogP contribution < -0.4 is 32.3 Å². The molecule has 2 rings (SSSR count). The van der Waals surface area contributed by atoms with E-state index in [1.54, 1.807) is 42.5 Å². The molecule has 0 saturated carbocycles. The van der Waals surface area contributed by atoms with Crippen LogP contribution in [-0.2, 0) is 19.2 Å². The summed E-state index contributed by atoms with van der Waals surface area (Å²) in [4.78, 5) is 58.1. The molecule has 0 aliphatic heterocycles. The lowest BCUT2D eigenvalue weighted by atomic mass is 10.1. The molecule has 0 bridgehead atoms. The van der Waals surface area contributed by atoms with Crippen LogP contribution in [-0.4, -0.2) is 82.8 Å². The molecule has 42 heavy (non-hydrogen) atoms.